The quantitative estimate of drug-likeness (QED) is 0.652. The van der Waals surface area contributed by atoms with E-state index in [1.165, 1.54) is 5.56 Å². The minimum Gasteiger partial charge on any atom is -0.475 e. The average Bonchev–Trinajstić information content (AvgIpc) is 2.42. The van der Waals surface area contributed by atoms with Crippen molar-refractivity contribution in [2.45, 2.75) is 20.4 Å². The summed E-state index contributed by atoms with van der Waals surface area (Å²) in [5.41, 5.74) is 2.20. The van der Waals surface area contributed by atoms with Crippen LogP contribution in [0.2, 0.25) is 0 Å². The Morgan fingerprint density at radius 3 is 2.63 bits per heavy atom. The van der Waals surface area contributed by atoms with Crippen LogP contribution in [0.4, 0.5) is 0 Å². The predicted molar refractivity (Wildman–Crippen MR) is 74.5 cm³/mol. The Morgan fingerprint density at radius 2 is 1.95 bits per heavy atom. The van der Waals surface area contributed by atoms with Crippen molar-refractivity contribution in [2.24, 2.45) is 0 Å². The number of methoxy groups -OCH3 is 1. The number of nitrogens with one attached hydrogen (secondary N) is 1. The van der Waals surface area contributed by atoms with E-state index in [0.29, 0.717) is 32.3 Å². The summed E-state index contributed by atoms with van der Waals surface area (Å²) in [6.45, 7) is 8.13. The van der Waals surface area contributed by atoms with Gasteiger partial charge in [0.05, 0.1) is 19.8 Å². The van der Waals surface area contributed by atoms with Crippen molar-refractivity contribution in [3.63, 3.8) is 0 Å². The van der Waals surface area contributed by atoms with Gasteiger partial charge >= 0.3 is 0 Å². The molecule has 0 unspecified atom stereocenters. The van der Waals surface area contributed by atoms with Crippen molar-refractivity contribution in [2.75, 3.05) is 40.1 Å². The molecular formula is C14H24N2O3. The fourth-order valence-corrected chi connectivity index (χ4v) is 1.54. The molecule has 19 heavy (non-hydrogen) atoms. The first-order valence-corrected chi connectivity index (χ1v) is 6.64. The molecule has 0 saturated heterocycles. The zero-order chi connectivity index (χ0) is 13.9. The smallest absolute Gasteiger partial charge is 0.213 e. The van der Waals surface area contributed by atoms with Crippen LogP contribution in [0.1, 0.15) is 18.2 Å². The van der Waals surface area contributed by atoms with E-state index < -0.39 is 0 Å². The van der Waals surface area contributed by atoms with E-state index in [1.807, 2.05) is 19.1 Å². The van der Waals surface area contributed by atoms with Gasteiger partial charge in [-0.25, -0.2) is 4.98 Å². The molecule has 108 valence electrons. The van der Waals surface area contributed by atoms with Crippen molar-refractivity contribution in [1.29, 1.82) is 0 Å². The van der Waals surface area contributed by atoms with E-state index in [4.69, 9.17) is 14.2 Å². The first-order valence-electron chi connectivity index (χ1n) is 6.64. The van der Waals surface area contributed by atoms with E-state index >= 15 is 0 Å². The Kier molecular flexibility index (Phi) is 8.13. The number of hydrogen-bond donors (Lipinski definition) is 1. The highest BCUT2D eigenvalue weighted by molar-refractivity contribution is 5.24. The van der Waals surface area contributed by atoms with Crippen LogP contribution in [0.3, 0.4) is 0 Å². The SMILES string of the molecule is CCNCc1ccc(OCCOCCOC)nc1C. The molecule has 0 spiro atoms. The Labute approximate surface area is 115 Å². The summed E-state index contributed by atoms with van der Waals surface area (Å²) in [4.78, 5) is 4.42. The summed E-state index contributed by atoms with van der Waals surface area (Å²) in [5, 5.41) is 3.28. The van der Waals surface area contributed by atoms with Crippen LogP contribution < -0.4 is 10.1 Å². The summed E-state index contributed by atoms with van der Waals surface area (Å²) in [6.07, 6.45) is 0. The van der Waals surface area contributed by atoms with Crippen LogP contribution in [0.5, 0.6) is 5.88 Å². The van der Waals surface area contributed by atoms with Gasteiger partial charge in [0.1, 0.15) is 6.61 Å². The second-order valence-corrected chi connectivity index (χ2v) is 4.13. The second kappa shape index (κ2) is 9.72. The largest absolute Gasteiger partial charge is 0.475 e. The molecule has 1 aromatic heterocycles. The highest BCUT2D eigenvalue weighted by Gasteiger charge is 2.02. The fourth-order valence-electron chi connectivity index (χ4n) is 1.54. The monoisotopic (exact) mass is 268 g/mol. The molecule has 5 nitrogen and oxygen atoms in total. The summed E-state index contributed by atoms with van der Waals surface area (Å²) in [6, 6.07) is 3.95. The van der Waals surface area contributed by atoms with Crippen LogP contribution in [0.25, 0.3) is 0 Å². The normalized spacial score (nSPS) is 10.7. The lowest BCUT2D eigenvalue weighted by atomic mass is 10.2. The summed E-state index contributed by atoms with van der Waals surface area (Å²) < 4.78 is 15.7. The molecule has 0 atom stereocenters. The average molecular weight is 268 g/mol. The second-order valence-electron chi connectivity index (χ2n) is 4.13. The molecule has 5 heteroatoms. The van der Waals surface area contributed by atoms with Gasteiger partial charge < -0.3 is 19.5 Å². The van der Waals surface area contributed by atoms with Gasteiger partial charge in [0.2, 0.25) is 5.88 Å². The standard InChI is InChI=1S/C14H24N2O3/c1-4-15-11-13-5-6-14(16-12(13)2)19-10-9-18-8-7-17-3/h5-6,15H,4,7-11H2,1-3H3. The molecule has 0 aliphatic heterocycles. The maximum atomic E-state index is 5.53. The molecule has 0 bridgehead atoms. The van der Waals surface area contributed by atoms with E-state index in [9.17, 15) is 0 Å². The Bertz CT molecular complexity index is 359. The van der Waals surface area contributed by atoms with Gasteiger partial charge in [-0.2, -0.15) is 0 Å². The summed E-state index contributed by atoms with van der Waals surface area (Å²) in [7, 11) is 1.65. The Balaban J connectivity index is 2.29. The van der Waals surface area contributed by atoms with Crippen molar-refractivity contribution < 1.29 is 14.2 Å². The minimum atomic E-state index is 0.503. The first kappa shape index (κ1) is 15.9. The number of hydrogen-bond acceptors (Lipinski definition) is 5. The van der Waals surface area contributed by atoms with Crippen molar-refractivity contribution in [3.8, 4) is 5.88 Å². The topological polar surface area (TPSA) is 52.6 Å². The highest BCUT2D eigenvalue weighted by Crippen LogP contribution is 2.12. The number of aryl methyl sites for hydroxylation is 1. The molecular weight excluding hydrogens is 244 g/mol. The molecule has 1 rings (SSSR count). The van der Waals surface area contributed by atoms with Gasteiger partial charge in [-0.1, -0.05) is 13.0 Å². The number of nitrogens with zero attached hydrogens (tertiary/aromatic N) is 1. The van der Waals surface area contributed by atoms with E-state index in [0.717, 1.165) is 18.8 Å². The van der Waals surface area contributed by atoms with Crippen molar-refractivity contribution in [1.82, 2.24) is 10.3 Å². The highest BCUT2D eigenvalue weighted by atomic mass is 16.5. The van der Waals surface area contributed by atoms with Gasteiger partial charge in [-0.3, -0.25) is 0 Å². The lowest BCUT2D eigenvalue weighted by Crippen LogP contribution is -2.14. The molecule has 0 aliphatic rings. The number of rotatable bonds is 10. The molecule has 1 N–H and O–H groups in total. The lowest BCUT2D eigenvalue weighted by molar-refractivity contribution is 0.0536. The third-order valence-electron chi connectivity index (χ3n) is 2.64. The predicted octanol–water partition coefficient (Wildman–Crippen LogP) is 1.54. The van der Waals surface area contributed by atoms with Crippen LogP contribution in [-0.4, -0.2) is 45.1 Å². The van der Waals surface area contributed by atoms with Gasteiger partial charge in [0.15, 0.2) is 0 Å². The molecule has 1 aromatic rings. The van der Waals surface area contributed by atoms with Crippen LogP contribution in [0, 0.1) is 6.92 Å². The van der Waals surface area contributed by atoms with Gasteiger partial charge in [0.25, 0.3) is 0 Å². The molecule has 1 heterocycles. The maximum absolute atomic E-state index is 5.53. The number of aromatic nitrogens is 1. The summed E-state index contributed by atoms with van der Waals surface area (Å²) >= 11 is 0. The maximum Gasteiger partial charge on any atom is 0.213 e. The van der Waals surface area contributed by atoms with Crippen molar-refractivity contribution in [3.05, 3.63) is 23.4 Å². The van der Waals surface area contributed by atoms with Gasteiger partial charge in [0, 0.05) is 25.4 Å². The third kappa shape index (κ3) is 6.52. The van der Waals surface area contributed by atoms with E-state index in [1.54, 1.807) is 7.11 Å². The molecule has 0 aliphatic carbocycles. The molecule has 0 radical (unpaired) electrons. The Hall–Kier alpha value is -1.17. The molecule has 0 fully saturated rings. The van der Waals surface area contributed by atoms with Crippen LogP contribution >= 0.6 is 0 Å². The number of pyridine rings is 1. The van der Waals surface area contributed by atoms with Crippen LogP contribution in [0.15, 0.2) is 12.1 Å². The van der Waals surface area contributed by atoms with Gasteiger partial charge in [-0.05, 0) is 19.0 Å². The molecule has 0 saturated carbocycles. The van der Waals surface area contributed by atoms with E-state index in [-0.39, 0.29) is 0 Å². The minimum absolute atomic E-state index is 0.503. The number of ether oxygens (including phenoxy) is 3. The summed E-state index contributed by atoms with van der Waals surface area (Å²) in [5.74, 6) is 0.646. The fraction of sp³-hybridized carbons (Fsp3) is 0.643. The molecule has 0 amide bonds. The zero-order valence-electron chi connectivity index (χ0n) is 12.1. The van der Waals surface area contributed by atoms with Crippen molar-refractivity contribution >= 4 is 0 Å². The van der Waals surface area contributed by atoms with Gasteiger partial charge in [-0.15, -0.1) is 0 Å². The zero-order valence-corrected chi connectivity index (χ0v) is 12.1. The van der Waals surface area contributed by atoms with E-state index in [2.05, 4.69) is 17.2 Å². The van der Waals surface area contributed by atoms with Crippen LogP contribution in [-0.2, 0) is 16.0 Å². The molecule has 0 aromatic carbocycles. The third-order valence-corrected chi connectivity index (χ3v) is 2.64. The Morgan fingerprint density at radius 1 is 1.16 bits per heavy atom. The lowest BCUT2D eigenvalue weighted by Gasteiger charge is -2.09. The first-order chi connectivity index (χ1) is 9.27.